The summed E-state index contributed by atoms with van der Waals surface area (Å²) in [7, 11) is 6.88. The zero-order valence-corrected chi connectivity index (χ0v) is 48.5. The highest BCUT2D eigenvalue weighted by Crippen LogP contribution is 2.45. The Morgan fingerprint density at radius 3 is 2.22 bits per heavy atom. The number of cyclic esters (lactones) is 1. The summed E-state index contributed by atoms with van der Waals surface area (Å²) in [5.41, 5.74) is -4.17. The Kier molecular flexibility index (Phi) is 20.0. The standard InChI is InChI=1S/C57H87FN4O17/c1-15-42-57(10)49(78-54(69)79-57)31(4)44(63)29(2)26-55(8,70-13)48(77-53-46(65)41(61(11)12)23-30(3)73-53)32(5)47(33(6)52(68)75-42)76-43-27-56(9,71-14)50(34(7)74-43)72-22-16-19-59-20-21-60-39-25-40-36(24-38(39)58)45(64)37(51(66)67)28-62(40)35-17-18-35/h24-25,28-35,41-43,46-50,53,59-60,65H,15-23,26-27H2,1-14H3,(H,66,67)/t29-,30-,31+,32+,33+,34-,41+,42-,43+,46+,47+,48-,49+,50+,53+,55+,56-,57-/m0/s1. The van der Waals surface area contributed by atoms with Gasteiger partial charge in [-0.15, -0.1) is 0 Å². The molecular weight excluding hydrogens is 1030 g/mol. The number of likely N-dealkylation sites (N-methyl/N-ethyl adjacent to an activating group) is 1. The van der Waals surface area contributed by atoms with Gasteiger partial charge in [0.2, 0.25) is 5.43 Å². The monoisotopic (exact) mass is 1120 g/mol. The van der Waals surface area contributed by atoms with Crippen molar-refractivity contribution in [2.75, 3.05) is 59.9 Å². The van der Waals surface area contributed by atoms with Gasteiger partial charge < -0.3 is 77.7 Å². The molecule has 0 spiro atoms. The molecule has 5 heterocycles. The van der Waals surface area contributed by atoms with Crippen molar-refractivity contribution in [3.05, 3.63) is 39.9 Å². The van der Waals surface area contributed by atoms with Gasteiger partial charge in [0.15, 0.2) is 24.3 Å². The fourth-order valence-corrected chi connectivity index (χ4v) is 12.6. The van der Waals surface area contributed by atoms with Gasteiger partial charge in [-0.1, -0.05) is 27.7 Å². The number of nitrogens with one attached hydrogen (secondary N) is 2. The van der Waals surface area contributed by atoms with Crippen molar-refractivity contribution in [3.8, 4) is 0 Å². The number of carbonyl (C=O) groups excluding carboxylic acids is 3. The first-order valence-electron chi connectivity index (χ1n) is 28.1. The van der Waals surface area contributed by atoms with Gasteiger partial charge in [0.05, 0.1) is 58.7 Å². The summed E-state index contributed by atoms with van der Waals surface area (Å²) in [6.07, 6.45) is -5.08. The van der Waals surface area contributed by atoms with Crippen LogP contribution in [0.25, 0.3) is 10.9 Å². The molecule has 21 nitrogen and oxygen atoms in total. The second kappa shape index (κ2) is 25.4. The van der Waals surface area contributed by atoms with E-state index in [9.17, 15) is 34.2 Å². The number of aliphatic hydroxyl groups excluding tert-OH is 1. The van der Waals surface area contributed by atoms with E-state index in [-0.39, 0.29) is 59.9 Å². The number of fused-ring (bicyclic) bond motifs is 2. The van der Waals surface area contributed by atoms with E-state index < -0.39 is 125 Å². The number of methoxy groups -OCH3 is 2. The highest BCUT2D eigenvalue weighted by atomic mass is 19.1. The number of anilines is 1. The second-order valence-electron chi connectivity index (χ2n) is 23.6. The van der Waals surface area contributed by atoms with Crippen LogP contribution in [0.5, 0.6) is 0 Å². The number of hydrogen-bond acceptors (Lipinski definition) is 19. The summed E-state index contributed by atoms with van der Waals surface area (Å²) in [4.78, 5) is 68.9. The van der Waals surface area contributed by atoms with Gasteiger partial charge in [0.1, 0.15) is 35.5 Å². The van der Waals surface area contributed by atoms with Gasteiger partial charge in [-0.25, -0.2) is 14.0 Å². The van der Waals surface area contributed by atoms with E-state index in [1.807, 2.05) is 53.6 Å². The molecule has 4 N–H and O–H groups in total. The summed E-state index contributed by atoms with van der Waals surface area (Å²) < 4.78 is 81.0. The maximum Gasteiger partial charge on any atom is 0.509 e. The first-order chi connectivity index (χ1) is 37.2. The number of carboxylic acids is 1. The molecule has 4 aliphatic heterocycles. The number of esters is 1. The van der Waals surface area contributed by atoms with Gasteiger partial charge in [0.25, 0.3) is 0 Å². The van der Waals surface area contributed by atoms with E-state index in [0.29, 0.717) is 44.6 Å². The number of aromatic carboxylic acids is 1. The number of aromatic nitrogens is 1. The first-order valence-corrected chi connectivity index (χ1v) is 28.1. The van der Waals surface area contributed by atoms with Crippen LogP contribution >= 0.6 is 0 Å². The third kappa shape index (κ3) is 13.3. The topological polar surface area (TPSA) is 250 Å². The summed E-state index contributed by atoms with van der Waals surface area (Å²) in [6.45, 7) is 19.7. The lowest BCUT2D eigenvalue weighted by Gasteiger charge is -2.50. The van der Waals surface area contributed by atoms with Crippen LogP contribution in [-0.4, -0.2) is 182 Å². The van der Waals surface area contributed by atoms with Crippen LogP contribution in [0.4, 0.5) is 14.9 Å². The van der Waals surface area contributed by atoms with Gasteiger partial charge in [-0.2, -0.15) is 0 Å². The molecule has 444 valence electrons. The molecular formula is C57H87FN4O17. The third-order valence-electron chi connectivity index (χ3n) is 17.4. The summed E-state index contributed by atoms with van der Waals surface area (Å²) in [5.74, 6) is -6.25. The Labute approximate surface area is 463 Å². The zero-order chi connectivity index (χ0) is 58.1. The Bertz CT molecular complexity index is 2550. The van der Waals surface area contributed by atoms with Crippen LogP contribution in [0.3, 0.4) is 0 Å². The predicted molar refractivity (Wildman–Crippen MR) is 287 cm³/mol. The quantitative estimate of drug-likeness (QED) is 0.0899. The number of rotatable bonds is 19. The number of halogens is 1. The lowest BCUT2D eigenvalue weighted by molar-refractivity contribution is -0.322. The summed E-state index contributed by atoms with van der Waals surface area (Å²) >= 11 is 0. The van der Waals surface area contributed by atoms with E-state index >= 15 is 4.39 Å². The molecule has 5 aliphatic rings. The first kappa shape index (κ1) is 62.2. The van der Waals surface area contributed by atoms with Crippen LogP contribution in [0.15, 0.2) is 23.1 Å². The molecule has 2 aromatic rings. The molecule has 1 saturated carbocycles. The number of nitrogens with zero attached hydrogens (tertiary/aromatic N) is 2. The summed E-state index contributed by atoms with van der Waals surface area (Å²) in [5, 5.41) is 27.9. The third-order valence-corrected chi connectivity index (χ3v) is 17.4. The molecule has 0 amide bonds. The molecule has 18 atom stereocenters. The van der Waals surface area contributed by atoms with Crippen LogP contribution in [0.2, 0.25) is 0 Å². The minimum Gasteiger partial charge on any atom is -0.477 e. The fraction of sp³-hybridized carbons (Fsp3) is 0.772. The maximum atomic E-state index is 15.3. The molecule has 5 fully saturated rings. The minimum absolute atomic E-state index is 0.0288. The molecule has 79 heavy (non-hydrogen) atoms. The van der Waals surface area contributed by atoms with Gasteiger partial charge in [-0.3, -0.25) is 14.4 Å². The van der Waals surface area contributed by atoms with E-state index in [1.165, 1.54) is 13.3 Å². The largest absolute Gasteiger partial charge is 0.509 e. The average Bonchev–Trinajstić information content (AvgIpc) is 4.29. The number of aliphatic hydroxyl groups is 1. The van der Waals surface area contributed by atoms with Gasteiger partial charge in [-0.05, 0) is 113 Å². The molecule has 4 saturated heterocycles. The number of benzene rings is 1. The number of carboxylic acid groups (broad SMARTS) is 1. The normalized spacial score (nSPS) is 37.7. The molecule has 1 aromatic heterocycles. The average molecular weight is 1120 g/mol. The molecule has 1 aromatic carbocycles. The number of Topliss-reactive ketones (excluding diaryl/α,β-unsaturated/α-hetero) is 1. The fourth-order valence-electron chi connectivity index (χ4n) is 12.6. The van der Waals surface area contributed by atoms with Crippen molar-refractivity contribution in [2.45, 2.75) is 204 Å². The van der Waals surface area contributed by atoms with Crippen molar-refractivity contribution in [1.29, 1.82) is 0 Å². The zero-order valence-electron chi connectivity index (χ0n) is 48.5. The molecule has 0 bridgehead atoms. The van der Waals surface area contributed by atoms with Gasteiger partial charge >= 0.3 is 18.1 Å². The lowest BCUT2D eigenvalue weighted by atomic mass is 9.74. The number of ketones is 1. The van der Waals surface area contributed by atoms with Crippen molar-refractivity contribution in [2.24, 2.45) is 23.7 Å². The van der Waals surface area contributed by atoms with E-state index in [1.54, 1.807) is 52.4 Å². The van der Waals surface area contributed by atoms with Crippen LogP contribution < -0.4 is 16.1 Å². The second-order valence-corrected chi connectivity index (χ2v) is 23.6. The van der Waals surface area contributed by atoms with Gasteiger partial charge in [0, 0.05) is 75.8 Å². The number of carbonyl (C=O) groups is 4. The Hall–Kier alpha value is -4.36. The molecule has 7 rings (SSSR count). The lowest BCUT2D eigenvalue weighted by Crippen LogP contribution is -2.61. The molecule has 0 radical (unpaired) electrons. The molecule has 1 aliphatic carbocycles. The Morgan fingerprint density at radius 1 is 0.899 bits per heavy atom. The number of pyridine rings is 1. The van der Waals surface area contributed by atoms with E-state index in [4.69, 9.17) is 47.4 Å². The van der Waals surface area contributed by atoms with E-state index in [0.717, 1.165) is 18.9 Å². The molecule has 0 unspecified atom stereocenters. The smallest absolute Gasteiger partial charge is 0.477 e. The summed E-state index contributed by atoms with van der Waals surface area (Å²) in [6, 6.07) is 2.41. The highest BCUT2D eigenvalue weighted by molar-refractivity contribution is 5.93. The minimum atomic E-state index is -1.51. The van der Waals surface area contributed by atoms with Crippen LogP contribution in [-0.2, 0) is 57.0 Å². The van der Waals surface area contributed by atoms with Crippen molar-refractivity contribution >= 4 is 40.5 Å². The van der Waals surface area contributed by atoms with Crippen LogP contribution in [0.1, 0.15) is 131 Å². The van der Waals surface area contributed by atoms with E-state index in [2.05, 4.69) is 10.6 Å². The van der Waals surface area contributed by atoms with Crippen molar-refractivity contribution in [3.63, 3.8) is 0 Å². The number of ether oxygens (including phenoxy) is 10. The molecule has 22 heteroatoms. The van der Waals surface area contributed by atoms with Crippen LogP contribution in [0, 0.1) is 29.5 Å². The van der Waals surface area contributed by atoms with Crippen molar-refractivity contribution in [1.82, 2.24) is 14.8 Å². The maximum absolute atomic E-state index is 15.3. The Balaban J connectivity index is 1.06. The SMILES string of the molecule is CC[C@@H]1OC(=O)[C@H](C)[C@H](O[C@@H]2C[C@](C)(OC)[C@H](OCCCNCCNc3cc4c(cc3F)c(=O)c(C(=O)O)cn4C3CC3)[C@H](C)O2)[C@@H](C)[C@H](O[C@H]2O[C@@H](C)C[C@@H](N(C)C)[C@H]2O)[C@](C)(OC)C[C@H](C)C(=O)[C@@H](C)[C@H]2OC(=O)O[C@@]12C. The highest BCUT2D eigenvalue weighted by Gasteiger charge is 2.60. The van der Waals surface area contributed by atoms with Crippen molar-refractivity contribution < 1.29 is 81.2 Å². The predicted octanol–water partition coefficient (Wildman–Crippen LogP) is 6.23. The number of hydrogen-bond donors (Lipinski definition) is 4. The Morgan fingerprint density at radius 2 is 1.58 bits per heavy atom.